The van der Waals surface area contributed by atoms with Crippen LogP contribution in [0.4, 0.5) is 0 Å². The van der Waals surface area contributed by atoms with Gasteiger partial charge >= 0.3 is 0 Å². The van der Waals surface area contributed by atoms with Crippen LogP contribution in [0.1, 0.15) is 37.7 Å². The van der Waals surface area contributed by atoms with E-state index in [9.17, 15) is 18.6 Å². The Balaban J connectivity index is 1.36. The average Bonchev–Trinajstić information content (AvgIpc) is 2.88. The number of ether oxygens (including phenoxy) is 4. The second kappa shape index (κ2) is 11.9. The lowest BCUT2D eigenvalue weighted by Crippen LogP contribution is -2.61. The standard InChI is InChI=1S/C26H34O9S/c1-17-8-14-21(15-9-17)36(29,30)32-16-22-23(27)24(28)25(26(31-2)35-22)34-20-12-10-19(11-13-20)33-18-6-4-3-5-7-18/h8-15,18,22-28H,3-7,16H2,1-2H3/t22-,23-,24+,25-,26-/m1/s1. The molecule has 2 fully saturated rings. The highest BCUT2D eigenvalue weighted by atomic mass is 32.2. The summed E-state index contributed by atoms with van der Waals surface area (Å²) < 4.78 is 53.0. The molecule has 1 aliphatic heterocycles. The summed E-state index contributed by atoms with van der Waals surface area (Å²) in [5.41, 5.74) is 0.906. The van der Waals surface area contributed by atoms with Crippen LogP contribution in [-0.2, 0) is 23.8 Å². The fraction of sp³-hybridized carbons (Fsp3) is 0.538. The minimum absolute atomic E-state index is 0.0145. The summed E-state index contributed by atoms with van der Waals surface area (Å²) in [6.07, 6.45) is -0.244. The summed E-state index contributed by atoms with van der Waals surface area (Å²) in [5.74, 6) is 1.18. The van der Waals surface area contributed by atoms with Gasteiger partial charge in [-0.3, -0.25) is 4.18 Å². The molecule has 0 bridgehead atoms. The van der Waals surface area contributed by atoms with Crippen molar-refractivity contribution in [2.24, 2.45) is 0 Å². The monoisotopic (exact) mass is 522 g/mol. The molecule has 2 aromatic carbocycles. The minimum Gasteiger partial charge on any atom is -0.490 e. The summed E-state index contributed by atoms with van der Waals surface area (Å²) in [4.78, 5) is -0.0145. The van der Waals surface area contributed by atoms with Crippen LogP contribution in [0.2, 0.25) is 0 Å². The Morgan fingerprint density at radius 2 is 1.50 bits per heavy atom. The molecule has 0 radical (unpaired) electrons. The maximum Gasteiger partial charge on any atom is 0.297 e. The SMILES string of the molecule is CO[C@@H]1O[C@H](COS(=O)(=O)c2ccc(C)cc2)[C@@H](O)[C@H](O)[C@H]1Oc1ccc(OC2CCCCC2)cc1. The smallest absolute Gasteiger partial charge is 0.297 e. The van der Waals surface area contributed by atoms with Crippen molar-refractivity contribution in [3.8, 4) is 11.5 Å². The van der Waals surface area contributed by atoms with Crippen molar-refractivity contribution in [1.29, 1.82) is 0 Å². The predicted molar refractivity (Wildman–Crippen MR) is 130 cm³/mol. The highest BCUT2D eigenvalue weighted by molar-refractivity contribution is 7.86. The number of hydrogen-bond donors (Lipinski definition) is 2. The van der Waals surface area contributed by atoms with Crippen LogP contribution in [0.25, 0.3) is 0 Å². The van der Waals surface area contributed by atoms with Crippen molar-refractivity contribution in [3.63, 3.8) is 0 Å². The van der Waals surface area contributed by atoms with Gasteiger partial charge in [-0.15, -0.1) is 0 Å². The molecular weight excluding hydrogens is 488 g/mol. The van der Waals surface area contributed by atoms with Crippen LogP contribution in [0, 0.1) is 6.92 Å². The molecule has 1 aliphatic carbocycles. The first-order chi connectivity index (χ1) is 17.3. The minimum atomic E-state index is -4.08. The van der Waals surface area contributed by atoms with Crippen molar-refractivity contribution in [2.75, 3.05) is 13.7 Å². The van der Waals surface area contributed by atoms with Crippen molar-refractivity contribution in [2.45, 2.75) is 80.7 Å². The normalized spacial score (nSPS) is 27.5. The lowest BCUT2D eigenvalue weighted by Gasteiger charge is -2.41. The quantitative estimate of drug-likeness (QED) is 0.479. The number of benzene rings is 2. The molecule has 1 saturated carbocycles. The molecule has 2 aromatic rings. The van der Waals surface area contributed by atoms with Gasteiger partial charge in [-0.2, -0.15) is 8.42 Å². The summed E-state index contributed by atoms with van der Waals surface area (Å²) in [6.45, 7) is 1.34. The first-order valence-electron chi connectivity index (χ1n) is 12.2. The van der Waals surface area contributed by atoms with Gasteiger partial charge in [0, 0.05) is 7.11 Å². The molecular formula is C26H34O9S. The molecule has 1 heterocycles. The van der Waals surface area contributed by atoms with E-state index >= 15 is 0 Å². The van der Waals surface area contributed by atoms with Gasteiger partial charge < -0.3 is 29.2 Å². The maximum atomic E-state index is 12.5. The molecule has 10 heteroatoms. The fourth-order valence-corrected chi connectivity index (χ4v) is 5.34. The summed E-state index contributed by atoms with van der Waals surface area (Å²) in [5, 5.41) is 21.4. The Morgan fingerprint density at radius 3 is 2.11 bits per heavy atom. The maximum absolute atomic E-state index is 12.5. The van der Waals surface area contributed by atoms with Gasteiger partial charge in [0.25, 0.3) is 10.1 Å². The Bertz CT molecular complexity index is 1060. The van der Waals surface area contributed by atoms with E-state index in [1.54, 1.807) is 36.4 Å². The summed E-state index contributed by atoms with van der Waals surface area (Å²) in [6, 6.07) is 13.2. The van der Waals surface area contributed by atoms with Gasteiger partial charge in [0.2, 0.25) is 0 Å². The average molecular weight is 523 g/mol. The first-order valence-corrected chi connectivity index (χ1v) is 13.6. The van der Waals surface area contributed by atoms with Gasteiger partial charge in [0.1, 0.15) is 29.8 Å². The molecule has 0 spiro atoms. The van der Waals surface area contributed by atoms with E-state index in [0.717, 1.165) is 24.2 Å². The van der Waals surface area contributed by atoms with E-state index in [-0.39, 0.29) is 11.0 Å². The highest BCUT2D eigenvalue weighted by Gasteiger charge is 2.47. The first kappa shape index (κ1) is 26.8. The van der Waals surface area contributed by atoms with E-state index in [1.165, 1.54) is 38.5 Å². The van der Waals surface area contributed by atoms with Gasteiger partial charge in [-0.25, -0.2) is 0 Å². The Labute approximate surface area is 212 Å². The van der Waals surface area contributed by atoms with Crippen LogP contribution < -0.4 is 9.47 Å². The van der Waals surface area contributed by atoms with Crippen LogP contribution in [0.15, 0.2) is 53.4 Å². The molecule has 36 heavy (non-hydrogen) atoms. The van der Waals surface area contributed by atoms with E-state index in [0.29, 0.717) is 5.75 Å². The number of aliphatic hydroxyl groups excluding tert-OH is 2. The topological polar surface area (TPSA) is 121 Å². The molecule has 1 saturated heterocycles. The summed E-state index contributed by atoms with van der Waals surface area (Å²) >= 11 is 0. The number of aliphatic hydroxyl groups is 2. The van der Waals surface area contributed by atoms with E-state index < -0.39 is 47.4 Å². The number of aryl methyl sites for hydroxylation is 1. The Hall–Kier alpha value is -2.21. The van der Waals surface area contributed by atoms with Crippen molar-refractivity contribution >= 4 is 10.1 Å². The molecule has 5 atom stereocenters. The van der Waals surface area contributed by atoms with Crippen molar-refractivity contribution in [1.82, 2.24) is 0 Å². The van der Waals surface area contributed by atoms with Gasteiger partial charge in [-0.1, -0.05) is 24.1 Å². The van der Waals surface area contributed by atoms with E-state index in [1.807, 2.05) is 6.92 Å². The third-order valence-electron chi connectivity index (χ3n) is 6.52. The Morgan fingerprint density at radius 1 is 0.889 bits per heavy atom. The van der Waals surface area contributed by atoms with Gasteiger partial charge in [0.05, 0.1) is 17.6 Å². The zero-order valence-electron chi connectivity index (χ0n) is 20.5. The molecule has 198 valence electrons. The van der Waals surface area contributed by atoms with Crippen molar-refractivity contribution < 1.29 is 41.8 Å². The second-order valence-electron chi connectivity index (χ2n) is 9.24. The third kappa shape index (κ3) is 6.56. The lowest BCUT2D eigenvalue weighted by atomic mass is 9.98. The molecule has 0 unspecified atom stereocenters. The second-order valence-corrected chi connectivity index (χ2v) is 10.9. The molecule has 9 nitrogen and oxygen atoms in total. The number of methoxy groups -OCH3 is 1. The zero-order valence-corrected chi connectivity index (χ0v) is 21.3. The van der Waals surface area contributed by atoms with E-state index in [4.69, 9.17) is 23.1 Å². The van der Waals surface area contributed by atoms with Crippen LogP contribution >= 0.6 is 0 Å². The highest BCUT2D eigenvalue weighted by Crippen LogP contribution is 2.29. The zero-order chi connectivity index (χ0) is 25.7. The molecule has 4 rings (SSSR count). The van der Waals surface area contributed by atoms with Crippen molar-refractivity contribution in [3.05, 3.63) is 54.1 Å². The molecule has 2 aliphatic rings. The Kier molecular flexibility index (Phi) is 8.87. The predicted octanol–water partition coefficient (Wildman–Crippen LogP) is 2.95. The van der Waals surface area contributed by atoms with E-state index in [2.05, 4.69) is 0 Å². The van der Waals surface area contributed by atoms with Crippen LogP contribution in [0.3, 0.4) is 0 Å². The van der Waals surface area contributed by atoms with Crippen LogP contribution in [0.5, 0.6) is 11.5 Å². The van der Waals surface area contributed by atoms with Crippen LogP contribution in [-0.4, -0.2) is 69.2 Å². The molecule has 0 amide bonds. The number of hydrogen-bond acceptors (Lipinski definition) is 9. The largest absolute Gasteiger partial charge is 0.490 e. The summed E-state index contributed by atoms with van der Waals surface area (Å²) in [7, 11) is -2.71. The molecule has 2 N–H and O–H groups in total. The molecule has 0 aromatic heterocycles. The lowest BCUT2D eigenvalue weighted by molar-refractivity contribution is -0.287. The third-order valence-corrected chi connectivity index (χ3v) is 7.82. The number of rotatable bonds is 9. The van der Waals surface area contributed by atoms with Gasteiger partial charge in [-0.05, 0) is 69.0 Å². The fourth-order valence-electron chi connectivity index (χ4n) is 4.42. The van der Waals surface area contributed by atoms with Gasteiger partial charge in [0.15, 0.2) is 12.4 Å².